The second-order valence-corrected chi connectivity index (χ2v) is 6.91. The van der Waals surface area contributed by atoms with E-state index >= 15 is 0 Å². The molecule has 17 heavy (non-hydrogen) atoms. The fraction of sp³-hybridized carbons (Fsp3) is 0.286. The number of thiophene rings is 1. The molecule has 2 aromatic rings. The van der Waals surface area contributed by atoms with Crippen LogP contribution < -0.4 is 5.73 Å². The predicted octanol–water partition coefficient (Wildman–Crippen LogP) is 3.93. The summed E-state index contributed by atoms with van der Waals surface area (Å²) in [7, 11) is 0. The van der Waals surface area contributed by atoms with E-state index in [1.54, 1.807) is 11.3 Å². The van der Waals surface area contributed by atoms with Gasteiger partial charge >= 0.3 is 0 Å². The van der Waals surface area contributed by atoms with E-state index in [1.165, 1.54) is 19.8 Å². The fourth-order valence-electron chi connectivity index (χ4n) is 1.93. The van der Waals surface area contributed by atoms with Gasteiger partial charge in [-0.25, -0.2) is 0 Å². The predicted molar refractivity (Wildman–Crippen MR) is 78.6 cm³/mol. The lowest BCUT2D eigenvalue weighted by molar-refractivity contribution is 0.670. The van der Waals surface area contributed by atoms with E-state index < -0.39 is 0 Å². The lowest BCUT2D eigenvalue weighted by atomic mass is 10.0. The molecule has 1 aromatic heterocycles. The normalized spacial score (nSPS) is 12.6. The van der Waals surface area contributed by atoms with Crippen LogP contribution in [0.2, 0.25) is 0 Å². The summed E-state index contributed by atoms with van der Waals surface area (Å²) in [6.45, 7) is 2.12. The fourth-order valence-corrected chi connectivity index (χ4v) is 3.51. The second-order valence-electron chi connectivity index (χ2n) is 4.36. The van der Waals surface area contributed by atoms with E-state index in [4.69, 9.17) is 5.73 Å². The quantitative estimate of drug-likeness (QED) is 0.910. The van der Waals surface area contributed by atoms with Crippen molar-refractivity contribution in [1.29, 1.82) is 0 Å². The zero-order chi connectivity index (χ0) is 12.3. The van der Waals surface area contributed by atoms with E-state index in [0.717, 1.165) is 12.8 Å². The van der Waals surface area contributed by atoms with Gasteiger partial charge in [-0.3, -0.25) is 0 Å². The number of hydrogen-bond acceptors (Lipinski definition) is 2. The van der Waals surface area contributed by atoms with Crippen LogP contribution in [-0.2, 0) is 12.8 Å². The van der Waals surface area contributed by atoms with Crippen molar-refractivity contribution in [3.05, 3.63) is 56.2 Å². The molecule has 3 heteroatoms. The summed E-state index contributed by atoms with van der Waals surface area (Å²) in [6, 6.07) is 13.0. The van der Waals surface area contributed by atoms with E-state index in [0.29, 0.717) is 0 Å². The van der Waals surface area contributed by atoms with Crippen molar-refractivity contribution in [3.63, 3.8) is 0 Å². The molecular formula is C14H16BrNS. The number of rotatable bonds is 4. The van der Waals surface area contributed by atoms with Gasteiger partial charge in [-0.1, -0.05) is 29.8 Å². The topological polar surface area (TPSA) is 26.0 Å². The Hall–Kier alpha value is -0.640. The summed E-state index contributed by atoms with van der Waals surface area (Å²) in [5.41, 5.74) is 8.82. The molecule has 0 radical (unpaired) electrons. The minimum Gasteiger partial charge on any atom is -0.327 e. The molecule has 0 bridgehead atoms. The lowest BCUT2D eigenvalue weighted by Gasteiger charge is -2.10. The van der Waals surface area contributed by atoms with Gasteiger partial charge in [0.15, 0.2) is 0 Å². The summed E-state index contributed by atoms with van der Waals surface area (Å²) in [5, 5.41) is 0. The summed E-state index contributed by atoms with van der Waals surface area (Å²) in [4.78, 5) is 1.34. The van der Waals surface area contributed by atoms with Gasteiger partial charge in [0.05, 0.1) is 3.79 Å². The molecule has 90 valence electrons. The summed E-state index contributed by atoms with van der Waals surface area (Å²) >= 11 is 5.24. The van der Waals surface area contributed by atoms with Gasteiger partial charge in [-0.2, -0.15) is 0 Å². The molecule has 0 aliphatic carbocycles. The minimum atomic E-state index is 0.197. The van der Waals surface area contributed by atoms with Gasteiger partial charge in [0, 0.05) is 10.9 Å². The van der Waals surface area contributed by atoms with E-state index in [-0.39, 0.29) is 6.04 Å². The van der Waals surface area contributed by atoms with Crippen molar-refractivity contribution in [2.45, 2.75) is 25.8 Å². The highest BCUT2D eigenvalue weighted by molar-refractivity contribution is 9.11. The Bertz CT molecular complexity index is 492. The molecule has 0 saturated heterocycles. The third-order valence-corrected chi connectivity index (χ3v) is 4.32. The smallest absolute Gasteiger partial charge is 0.0701 e. The maximum atomic E-state index is 6.19. The molecule has 0 spiro atoms. The monoisotopic (exact) mass is 309 g/mol. The van der Waals surface area contributed by atoms with Crippen LogP contribution in [0.15, 0.2) is 40.2 Å². The molecule has 1 unspecified atom stereocenters. The molecule has 0 fully saturated rings. The average Bonchev–Trinajstić information content (AvgIpc) is 2.63. The van der Waals surface area contributed by atoms with Crippen molar-refractivity contribution < 1.29 is 0 Å². The summed E-state index contributed by atoms with van der Waals surface area (Å²) in [6.07, 6.45) is 1.89. The maximum absolute atomic E-state index is 6.19. The number of aryl methyl sites for hydroxylation is 1. The van der Waals surface area contributed by atoms with E-state index in [1.807, 2.05) is 0 Å². The van der Waals surface area contributed by atoms with Crippen LogP contribution in [0.3, 0.4) is 0 Å². The van der Waals surface area contributed by atoms with Gasteiger partial charge in [0.2, 0.25) is 0 Å². The van der Waals surface area contributed by atoms with Crippen molar-refractivity contribution in [3.8, 4) is 0 Å². The molecule has 0 aliphatic rings. The third kappa shape index (κ3) is 3.95. The van der Waals surface area contributed by atoms with Gasteiger partial charge in [-0.15, -0.1) is 11.3 Å². The van der Waals surface area contributed by atoms with Crippen LogP contribution in [0, 0.1) is 6.92 Å². The Morgan fingerprint density at radius 3 is 2.71 bits per heavy atom. The van der Waals surface area contributed by atoms with Crippen molar-refractivity contribution in [2.24, 2.45) is 5.73 Å². The molecule has 0 aliphatic heterocycles. The number of benzene rings is 1. The molecule has 1 heterocycles. The van der Waals surface area contributed by atoms with Gasteiger partial charge in [0.25, 0.3) is 0 Å². The van der Waals surface area contributed by atoms with Crippen LogP contribution in [0.5, 0.6) is 0 Å². The zero-order valence-electron chi connectivity index (χ0n) is 9.82. The Labute approximate surface area is 115 Å². The molecule has 1 nitrogen and oxygen atoms in total. The first-order valence-corrected chi connectivity index (χ1v) is 7.30. The molecule has 2 N–H and O–H groups in total. The number of nitrogens with two attached hydrogens (primary N) is 1. The lowest BCUT2D eigenvalue weighted by Crippen LogP contribution is -2.25. The molecule has 1 atom stereocenters. The second kappa shape index (κ2) is 5.80. The highest BCUT2D eigenvalue weighted by Crippen LogP contribution is 2.23. The highest BCUT2D eigenvalue weighted by atomic mass is 79.9. The van der Waals surface area contributed by atoms with Gasteiger partial charge < -0.3 is 5.73 Å². The van der Waals surface area contributed by atoms with Gasteiger partial charge in [0.1, 0.15) is 0 Å². The van der Waals surface area contributed by atoms with Gasteiger partial charge in [-0.05, 0) is 53.4 Å². The maximum Gasteiger partial charge on any atom is 0.0701 e. The first kappa shape index (κ1) is 12.8. The van der Waals surface area contributed by atoms with Crippen LogP contribution in [0.1, 0.15) is 16.0 Å². The Balaban J connectivity index is 1.95. The van der Waals surface area contributed by atoms with Crippen LogP contribution in [0.4, 0.5) is 0 Å². The summed E-state index contributed by atoms with van der Waals surface area (Å²) in [5.74, 6) is 0. The van der Waals surface area contributed by atoms with Crippen molar-refractivity contribution >= 4 is 27.3 Å². The number of hydrogen-bond donors (Lipinski definition) is 1. The first-order valence-electron chi connectivity index (χ1n) is 5.69. The standard InChI is InChI=1S/C14H16BrNS/c1-10-3-2-4-11(7-10)8-12(16)9-13-5-6-14(15)17-13/h2-7,12H,8-9,16H2,1H3. The van der Waals surface area contributed by atoms with Crippen LogP contribution >= 0.6 is 27.3 Å². The van der Waals surface area contributed by atoms with Crippen LogP contribution in [-0.4, -0.2) is 6.04 Å². The zero-order valence-corrected chi connectivity index (χ0v) is 12.2. The van der Waals surface area contributed by atoms with Crippen molar-refractivity contribution in [1.82, 2.24) is 0 Å². The number of halogens is 1. The molecule has 1 aromatic carbocycles. The highest BCUT2D eigenvalue weighted by Gasteiger charge is 2.07. The third-order valence-electron chi connectivity index (χ3n) is 2.67. The Morgan fingerprint density at radius 2 is 2.06 bits per heavy atom. The Morgan fingerprint density at radius 1 is 1.24 bits per heavy atom. The Kier molecular flexibility index (Phi) is 4.37. The molecular weight excluding hydrogens is 294 g/mol. The van der Waals surface area contributed by atoms with E-state index in [9.17, 15) is 0 Å². The molecule has 0 amide bonds. The minimum absolute atomic E-state index is 0.197. The largest absolute Gasteiger partial charge is 0.327 e. The molecule has 2 rings (SSSR count). The van der Waals surface area contributed by atoms with Crippen molar-refractivity contribution in [2.75, 3.05) is 0 Å². The van der Waals surface area contributed by atoms with E-state index in [2.05, 4.69) is 59.3 Å². The average molecular weight is 310 g/mol. The first-order chi connectivity index (χ1) is 8.13. The molecule has 0 saturated carbocycles. The SMILES string of the molecule is Cc1cccc(CC(N)Cc2ccc(Br)s2)c1. The van der Waals surface area contributed by atoms with Crippen LogP contribution in [0.25, 0.3) is 0 Å². The summed E-state index contributed by atoms with van der Waals surface area (Å²) < 4.78 is 1.18.